The van der Waals surface area contributed by atoms with Crippen molar-refractivity contribution in [1.29, 1.82) is 0 Å². The Balaban J connectivity index is 1.90. The number of benzene rings is 1. The first-order valence-corrected chi connectivity index (χ1v) is 5.65. The largest absolute Gasteiger partial charge is 0.316 e. The van der Waals surface area contributed by atoms with Crippen molar-refractivity contribution in [2.24, 2.45) is 5.92 Å². The van der Waals surface area contributed by atoms with E-state index in [4.69, 9.17) is 0 Å². The zero-order chi connectivity index (χ0) is 11.0. The van der Waals surface area contributed by atoms with Gasteiger partial charge < -0.3 is 5.32 Å². The number of aromatic nitrogens is 2. The summed E-state index contributed by atoms with van der Waals surface area (Å²) in [5, 5.41) is 8.49. The van der Waals surface area contributed by atoms with Crippen molar-refractivity contribution in [3.63, 3.8) is 0 Å². The maximum atomic E-state index is 13.4. The average molecular weight is 219 g/mol. The third-order valence-corrected chi connectivity index (χ3v) is 3.14. The van der Waals surface area contributed by atoms with Crippen LogP contribution in [0.5, 0.6) is 0 Å². The Labute approximate surface area is 93.3 Å². The van der Waals surface area contributed by atoms with Crippen LogP contribution < -0.4 is 5.32 Å². The molecule has 4 heteroatoms. The normalized spacial score (nSPS) is 20.7. The van der Waals surface area contributed by atoms with Crippen LogP contribution in [-0.4, -0.2) is 22.9 Å². The predicted molar refractivity (Wildman–Crippen MR) is 60.7 cm³/mol. The molecule has 84 valence electrons. The summed E-state index contributed by atoms with van der Waals surface area (Å²) in [4.78, 5) is 0. The predicted octanol–water partition coefficient (Wildman–Crippen LogP) is 1.78. The molecule has 0 radical (unpaired) electrons. The van der Waals surface area contributed by atoms with Gasteiger partial charge in [-0.05, 0) is 31.5 Å². The lowest BCUT2D eigenvalue weighted by atomic mass is 10.1. The summed E-state index contributed by atoms with van der Waals surface area (Å²) in [6.45, 7) is 3.00. The molecule has 2 heterocycles. The SMILES string of the molecule is Fc1cccc2cn(CC3CCNC3)nc12. The molecule has 0 spiro atoms. The molecule has 3 rings (SSSR count). The highest BCUT2D eigenvalue weighted by molar-refractivity contribution is 5.78. The van der Waals surface area contributed by atoms with E-state index in [1.165, 1.54) is 12.5 Å². The summed E-state index contributed by atoms with van der Waals surface area (Å²) in [7, 11) is 0. The Bertz CT molecular complexity index is 500. The smallest absolute Gasteiger partial charge is 0.151 e. The van der Waals surface area contributed by atoms with Crippen LogP contribution in [0.4, 0.5) is 4.39 Å². The van der Waals surface area contributed by atoms with E-state index < -0.39 is 0 Å². The molecule has 3 nitrogen and oxygen atoms in total. The monoisotopic (exact) mass is 219 g/mol. The number of halogens is 1. The van der Waals surface area contributed by atoms with Crippen molar-refractivity contribution in [3.8, 4) is 0 Å². The molecule has 0 saturated carbocycles. The van der Waals surface area contributed by atoms with Crippen LogP contribution >= 0.6 is 0 Å². The van der Waals surface area contributed by atoms with E-state index in [9.17, 15) is 4.39 Å². The van der Waals surface area contributed by atoms with Gasteiger partial charge in [-0.2, -0.15) is 5.10 Å². The van der Waals surface area contributed by atoms with Gasteiger partial charge in [-0.25, -0.2) is 4.39 Å². The van der Waals surface area contributed by atoms with E-state index >= 15 is 0 Å². The van der Waals surface area contributed by atoms with Crippen LogP contribution in [0.15, 0.2) is 24.4 Å². The molecule has 1 aromatic carbocycles. The molecular weight excluding hydrogens is 205 g/mol. The molecule has 1 aromatic heterocycles. The van der Waals surface area contributed by atoms with Crippen molar-refractivity contribution in [3.05, 3.63) is 30.2 Å². The Morgan fingerprint density at radius 3 is 3.19 bits per heavy atom. The molecule has 1 fully saturated rings. The summed E-state index contributed by atoms with van der Waals surface area (Å²) in [5.74, 6) is 0.387. The molecule has 16 heavy (non-hydrogen) atoms. The zero-order valence-corrected chi connectivity index (χ0v) is 8.99. The first-order chi connectivity index (χ1) is 7.83. The van der Waals surface area contributed by atoms with Gasteiger partial charge in [0.15, 0.2) is 5.82 Å². The molecule has 1 unspecified atom stereocenters. The van der Waals surface area contributed by atoms with Gasteiger partial charge >= 0.3 is 0 Å². The molecular formula is C12H14FN3. The number of nitrogens with zero attached hydrogens (tertiary/aromatic N) is 2. The van der Waals surface area contributed by atoms with Gasteiger partial charge in [0.05, 0.1) is 0 Å². The molecule has 0 bridgehead atoms. The summed E-state index contributed by atoms with van der Waals surface area (Å²) in [5.41, 5.74) is 0.480. The molecule has 1 aliphatic heterocycles. The fourth-order valence-electron chi connectivity index (χ4n) is 2.29. The van der Waals surface area contributed by atoms with E-state index in [2.05, 4.69) is 10.4 Å². The third kappa shape index (κ3) is 1.69. The van der Waals surface area contributed by atoms with Gasteiger partial charge in [-0.1, -0.05) is 12.1 Å². The van der Waals surface area contributed by atoms with Crippen LogP contribution in [0.1, 0.15) is 6.42 Å². The average Bonchev–Trinajstić information content (AvgIpc) is 2.88. The quantitative estimate of drug-likeness (QED) is 0.834. The molecule has 1 atom stereocenters. The van der Waals surface area contributed by atoms with E-state index in [-0.39, 0.29) is 5.82 Å². The van der Waals surface area contributed by atoms with Crippen molar-refractivity contribution < 1.29 is 4.39 Å². The van der Waals surface area contributed by atoms with Gasteiger partial charge in [-0.3, -0.25) is 4.68 Å². The first-order valence-electron chi connectivity index (χ1n) is 5.65. The number of fused-ring (bicyclic) bond motifs is 1. The topological polar surface area (TPSA) is 29.9 Å². The van der Waals surface area contributed by atoms with Crippen LogP contribution in [0, 0.1) is 11.7 Å². The highest BCUT2D eigenvalue weighted by Gasteiger charge is 2.15. The Morgan fingerprint density at radius 2 is 2.44 bits per heavy atom. The highest BCUT2D eigenvalue weighted by Crippen LogP contribution is 2.17. The third-order valence-electron chi connectivity index (χ3n) is 3.14. The minimum Gasteiger partial charge on any atom is -0.316 e. The Morgan fingerprint density at radius 1 is 1.50 bits per heavy atom. The highest BCUT2D eigenvalue weighted by atomic mass is 19.1. The molecule has 1 aliphatic rings. The zero-order valence-electron chi connectivity index (χ0n) is 8.99. The van der Waals surface area contributed by atoms with Crippen molar-refractivity contribution in [1.82, 2.24) is 15.1 Å². The van der Waals surface area contributed by atoms with Gasteiger partial charge in [0.1, 0.15) is 5.52 Å². The summed E-state index contributed by atoms with van der Waals surface area (Å²) >= 11 is 0. The summed E-state index contributed by atoms with van der Waals surface area (Å²) < 4.78 is 15.3. The van der Waals surface area contributed by atoms with Crippen molar-refractivity contribution in [2.45, 2.75) is 13.0 Å². The van der Waals surface area contributed by atoms with Gasteiger partial charge in [0.25, 0.3) is 0 Å². The van der Waals surface area contributed by atoms with E-state index in [1.54, 1.807) is 6.07 Å². The second kappa shape index (κ2) is 3.87. The lowest BCUT2D eigenvalue weighted by molar-refractivity contribution is 0.451. The van der Waals surface area contributed by atoms with Crippen LogP contribution in [0.3, 0.4) is 0 Å². The number of nitrogens with one attached hydrogen (secondary N) is 1. The lowest BCUT2D eigenvalue weighted by Crippen LogP contribution is -2.14. The standard InChI is InChI=1S/C12H14FN3/c13-11-3-1-2-10-8-16(15-12(10)11)7-9-4-5-14-6-9/h1-3,8-9,14H,4-7H2. The van der Waals surface area contributed by atoms with E-state index in [1.807, 2.05) is 16.9 Å². The first kappa shape index (κ1) is 9.78. The Kier molecular flexibility index (Phi) is 2.36. The molecule has 0 aliphatic carbocycles. The van der Waals surface area contributed by atoms with Crippen molar-refractivity contribution >= 4 is 10.9 Å². The molecule has 1 N–H and O–H groups in total. The minimum atomic E-state index is -0.235. The maximum absolute atomic E-state index is 13.4. The second-order valence-electron chi connectivity index (χ2n) is 4.39. The molecule has 2 aromatic rings. The minimum absolute atomic E-state index is 0.235. The van der Waals surface area contributed by atoms with E-state index in [0.29, 0.717) is 11.4 Å². The molecule has 1 saturated heterocycles. The number of hydrogen-bond acceptors (Lipinski definition) is 2. The number of rotatable bonds is 2. The fourth-order valence-corrected chi connectivity index (χ4v) is 2.29. The van der Waals surface area contributed by atoms with E-state index in [0.717, 1.165) is 25.0 Å². The number of hydrogen-bond donors (Lipinski definition) is 1. The fraction of sp³-hybridized carbons (Fsp3) is 0.417. The van der Waals surface area contributed by atoms with Crippen LogP contribution in [-0.2, 0) is 6.54 Å². The van der Waals surface area contributed by atoms with Gasteiger partial charge in [0.2, 0.25) is 0 Å². The summed E-state index contributed by atoms with van der Waals surface area (Å²) in [6.07, 6.45) is 3.11. The Hall–Kier alpha value is -1.42. The second-order valence-corrected chi connectivity index (χ2v) is 4.39. The maximum Gasteiger partial charge on any atom is 0.151 e. The van der Waals surface area contributed by atoms with Gasteiger partial charge in [0, 0.05) is 18.1 Å². The van der Waals surface area contributed by atoms with Crippen molar-refractivity contribution in [2.75, 3.05) is 13.1 Å². The van der Waals surface area contributed by atoms with Crippen LogP contribution in [0.2, 0.25) is 0 Å². The molecule has 0 amide bonds. The lowest BCUT2D eigenvalue weighted by Gasteiger charge is -2.07. The van der Waals surface area contributed by atoms with Crippen LogP contribution in [0.25, 0.3) is 10.9 Å². The summed E-state index contributed by atoms with van der Waals surface area (Å²) in [6, 6.07) is 5.08. The van der Waals surface area contributed by atoms with Gasteiger partial charge in [-0.15, -0.1) is 0 Å².